The molecule has 1 N–H and O–H groups in total. The van der Waals surface area contributed by atoms with Gasteiger partial charge in [-0.3, -0.25) is 4.79 Å². The number of aliphatic hydroxyl groups excluding tert-OH is 1. The highest BCUT2D eigenvalue weighted by atomic mass is 32.1. The molecule has 0 aliphatic carbocycles. The van der Waals surface area contributed by atoms with Crippen molar-refractivity contribution < 1.29 is 9.90 Å². The first kappa shape index (κ1) is 14.7. The molecular formula is C14H19NO2S. The molecular weight excluding hydrogens is 246 g/mol. The molecule has 0 bridgehead atoms. The summed E-state index contributed by atoms with van der Waals surface area (Å²) in [6, 6.07) is 1.83. The Morgan fingerprint density at radius 3 is 2.89 bits per heavy atom. The number of thiophene rings is 1. The van der Waals surface area contributed by atoms with Gasteiger partial charge < -0.3 is 10.0 Å². The van der Waals surface area contributed by atoms with Crippen molar-refractivity contribution in [3.8, 4) is 11.8 Å². The third-order valence-electron chi connectivity index (χ3n) is 2.61. The van der Waals surface area contributed by atoms with E-state index in [9.17, 15) is 4.79 Å². The van der Waals surface area contributed by atoms with Crippen LogP contribution in [-0.2, 0) is 0 Å². The summed E-state index contributed by atoms with van der Waals surface area (Å²) in [5.74, 6) is 5.45. The lowest BCUT2D eigenvalue weighted by Crippen LogP contribution is -2.31. The molecule has 1 aromatic rings. The van der Waals surface area contributed by atoms with Gasteiger partial charge in [0.15, 0.2) is 0 Å². The van der Waals surface area contributed by atoms with Crippen molar-refractivity contribution in [2.45, 2.75) is 26.7 Å². The van der Waals surface area contributed by atoms with Gasteiger partial charge in [-0.1, -0.05) is 25.2 Å². The highest BCUT2D eigenvalue weighted by molar-refractivity contribution is 7.12. The fourth-order valence-corrected chi connectivity index (χ4v) is 2.42. The molecule has 1 rings (SSSR count). The van der Waals surface area contributed by atoms with E-state index in [1.165, 1.54) is 11.3 Å². The number of carbonyl (C=O) groups is 1. The Labute approximate surface area is 112 Å². The molecule has 0 saturated carbocycles. The quantitative estimate of drug-likeness (QED) is 0.830. The van der Waals surface area contributed by atoms with Crippen molar-refractivity contribution in [1.82, 2.24) is 4.90 Å². The van der Waals surface area contributed by atoms with Gasteiger partial charge in [-0.05, 0) is 24.8 Å². The lowest BCUT2D eigenvalue weighted by atomic mass is 10.2. The molecule has 0 radical (unpaired) electrons. The number of hydrogen-bond donors (Lipinski definition) is 1. The molecule has 1 aromatic heterocycles. The number of carbonyl (C=O) groups excluding carboxylic acids is 1. The third kappa shape index (κ3) is 3.86. The lowest BCUT2D eigenvalue weighted by molar-refractivity contribution is 0.0767. The normalized spacial score (nSPS) is 9.72. The van der Waals surface area contributed by atoms with E-state index in [0.29, 0.717) is 17.0 Å². The maximum atomic E-state index is 12.3. The zero-order valence-electron chi connectivity index (χ0n) is 10.9. The summed E-state index contributed by atoms with van der Waals surface area (Å²) >= 11 is 1.41. The van der Waals surface area contributed by atoms with Crippen molar-refractivity contribution in [1.29, 1.82) is 0 Å². The second kappa shape index (κ2) is 7.91. The van der Waals surface area contributed by atoms with Crippen LogP contribution in [0.5, 0.6) is 0 Å². The fourth-order valence-electron chi connectivity index (χ4n) is 1.60. The summed E-state index contributed by atoms with van der Waals surface area (Å²) in [6.45, 7) is 5.42. The number of hydrogen-bond acceptors (Lipinski definition) is 3. The third-order valence-corrected chi connectivity index (χ3v) is 3.51. The second-order valence-corrected chi connectivity index (χ2v) is 4.78. The summed E-state index contributed by atoms with van der Waals surface area (Å²) in [4.78, 5) is 14.9. The molecule has 3 nitrogen and oxygen atoms in total. The molecule has 1 amide bonds. The van der Waals surface area contributed by atoms with Crippen LogP contribution < -0.4 is 0 Å². The first-order valence-corrected chi connectivity index (χ1v) is 7.09. The van der Waals surface area contributed by atoms with Gasteiger partial charge >= 0.3 is 0 Å². The van der Waals surface area contributed by atoms with E-state index < -0.39 is 0 Å². The van der Waals surface area contributed by atoms with Gasteiger partial charge in [-0.15, -0.1) is 11.3 Å². The molecule has 0 unspecified atom stereocenters. The van der Waals surface area contributed by atoms with Crippen molar-refractivity contribution in [2.75, 3.05) is 19.7 Å². The molecule has 4 heteroatoms. The van der Waals surface area contributed by atoms with Crippen LogP contribution in [0.2, 0.25) is 0 Å². The lowest BCUT2D eigenvalue weighted by Gasteiger charge is -2.20. The minimum atomic E-state index is -0.184. The number of amides is 1. The van der Waals surface area contributed by atoms with Crippen LogP contribution in [-0.4, -0.2) is 35.6 Å². The van der Waals surface area contributed by atoms with E-state index in [1.807, 2.05) is 23.3 Å². The van der Waals surface area contributed by atoms with Crippen LogP contribution >= 0.6 is 11.3 Å². The second-order valence-electron chi connectivity index (χ2n) is 3.86. The predicted molar refractivity (Wildman–Crippen MR) is 74.8 cm³/mol. The molecule has 0 aliphatic rings. The average Bonchev–Trinajstić information content (AvgIpc) is 2.85. The van der Waals surface area contributed by atoms with Crippen LogP contribution in [0.25, 0.3) is 0 Å². The SMILES string of the molecule is CCCCN(CC)C(=O)c1sccc1C#CCO. The summed E-state index contributed by atoms with van der Waals surface area (Å²) in [5, 5.41) is 10.6. The Hall–Kier alpha value is -1.31. The topological polar surface area (TPSA) is 40.5 Å². The predicted octanol–water partition coefficient (Wildman–Crippen LogP) is 2.35. The van der Waals surface area contributed by atoms with E-state index in [-0.39, 0.29) is 12.5 Å². The van der Waals surface area contributed by atoms with Crippen LogP contribution in [0.1, 0.15) is 41.9 Å². The zero-order valence-corrected chi connectivity index (χ0v) is 11.7. The van der Waals surface area contributed by atoms with Crippen LogP contribution in [0.4, 0.5) is 0 Å². The van der Waals surface area contributed by atoms with Gasteiger partial charge in [0.25, 0.3) is 5.91 Å². The van der Waals surface area contributed by atoms with E-state index in [2.05, 4.69) is 18.8 Å². The minimum absolute atomic E-state index is 0.0446. The molecule has 0 aromatic carbocycles. The summed E-state index contributed by atoms with van der Waals surface area (Å²) < 4.78 is 0. The first-order valence-electron chi connectivity index (χ1n) is 6.21. The van der Waals surface area contributed by atoms with Gasteiger partial charge in [0, 0.05) is 18.7 Å². The van der Waals surface area contributed by atoms with Crippen molar-refractivity contribution in [2.24, 2.45) is 0 Å². The van der Waals surface area contributed by atoms with Gasteiger partial charge in [0.2, 0.25) is 0 Å². The van der Waals surface area contributed by atoms with Gasteiger partial charge in [0.05, 0.1) is 0 Å². The molecule has 18 heavy (non-hydrogen) atoms. The standard InChI is InChI=1S/C14H19NO2S/c1-3-5-9-15(4-2)14(17)13-12(7-6-10-16)8-11-18-13/h8,11,16H,3-5,9-10H2,1-2H3. The van der Waals surface area contributed by atoms with E-state index >= 15 is 0 Å². The molecule has 98 valence electrons. The molecule has 0 fully saturated rings. The van der Waals surface area contributed by atoms with Crippen molar-refractivity contribution in [3.05, 3.63) is 21.9 Å². The van der Waals surface area contributed by atoms with E-state index in [1.54, 1.807) is 0 Å². The number of nitrogens with zero attached hydrogens (tertiary/aromatic N) is 1. The monoisotopic (exact) mass is 265 g/mol. The zero-order chi connectivity index (χ0) is 13.4. The Balaban J connectivity index is 2.84. The maximum absolute atomic E-state index is 12.3. The highest BCUT2D eigenvalue weighted by Gasteiger charge is 2.17. The Morgan fingerprint density at radius 2 is 2.28 bits per heavy atom. The smallest absolute Gasteiger partial charge is 0.265 e. The summed E-state index contributed by atoms with van der Waals surface area (Å²) in [7, 11) is 0. The average molecular weight is 265 g/mol. The molecule has 0 aliphatic heterocycles. The summed E-state index contributed by atoms with van der Waals surface area (Å²) in [5.41, 5.74) is 0.717. The maximum Gasteiger partial charge on any atom is 0.265 e. The summed E-state index contributed by atoms with van der Waals surface area (Å²) in [6.07, 6.45) is 2.09. The highest BCUT2D eigenvalue weighted by Crippen LogP contribution is 2.18. The Bertz CT molecular complexity index is 442. The number of rotatable bonds is 5. The fraction of sp³-hybridized carbons (Fsp3) is 0.500. The number of aliphatic hydroxyl groups is 1. The molecule has 0 spiro atoms. The molecule has 0 saturated heterocycles. The van der Waals surface area contributed by atoms with Crippen molar-refractivity contribution >= 4 is 17.2 Å². The minimum Gasteiger partial charge on any atom is -0.384 e. The first-order chi connectivity index (χ1) is 8.74. The van der Waals surface area contributed by atoms with Crippen LogP contribution in [0.3, 0.4) is 0 Å². The van der Waals surface area contributed by atoms with E-state index in [4.69, 9.17) is 5.11 Å². The van der Waals surface area contributed by atoms with Gasteiger partial charge in [-0.25, -0.2) is 0 Å². The Morgan fingerprint density at radius 1 is 1.50 bits per heavy atom. The van der Waals surface area contributed by atoms with Crippen molar-refractivity contribution in [3.63, 3.8) is 0 Å². The largest absolute Gasteiger partial charge is 0.384 e. The molecule has 0 atom stereocenters. The van der Waals surface area contributed by atoms with Gasteiger partial charge in [0.1, 0.15) is 11.5 Å². The Kier molecular flexibility index (Phi) is 6.48. The van der Waals surface area contributed by atoms with Crippen LogP contribution in [0.15, 0.2) is 11.4 Å². The number of unbranched alkanes of at least 4 members (excludes halogenated alkanes) is 1. The van der Waals surface area contributed by atoms with Gasteiger partial charge in [-0.2, -0.15) is 0 Å². The van der Waals surface area contributed by atoms with E-state index in [0.717, 1.165) is 19.4 Å². The molecule has 1 heterocycles. The van der Waals surface area contributed by atoms with Crippen LogP contribution in [0, 0.1) is 11.8 Å².